The summed E-state index contributed by atoms with van der Waals surface area (Å²) in [6.07, 6.45) is 0. The Bertz CT molecular complexity index is 445. The van der Waals surface area contributed by atoms with Crippen molar-refractivity contribution >= 4 is 17.5 Å². The molecule has 0 saturated carbocycles. The summed E-state index contributed by atoms with van der Waals surface area (Å²) in [4.78, 5) is 16.2. The highest BCUT2D eigenvalue weighted by Crippen LogP contribution is 2.15. The second kappa shape index (κ2) is 8.22. The molecule has 0 unspecified atom stereocenters. The highest BCUT2D eigenvalue weighted by atomic mass is 35.5. The normalized spacial score (nSPS) is 16.0. The molecule has 6 heteroatoms. The van der Waals surface area contributed by atoms with Crippen LogP contribution in [0, 0.1) is 0 Å². The van der Waals surface area contributed by atoms with Crippen molar-refractivity contribution in [1.29, 1.82) is 0 Å². The lowest BCUT2D eigenvalue weighted by Crippen LogP contribution is -2.50. The van der Waals surface area contributed by atoms with Gasteiger partial charge in [0.15, 0.2) is 6.61 Å². The van der Waals surface area contributed by atoms with Crippen LogP contribution in [0.1, 0.15) is 0 Å². The second-order valence-electron chi connectivity index (χ2n) is 4.96. The van der Waals surface area contributed by atoms with Gasteiger partial charge in [0.25, 0.3) is 5.91 Å². The SMILES string of the molecule is COCCN1CCN(C(=O)COc2ccc(Cl)cc2)CC1. The molecule has 0 radical (unpaired) electrons. The number of benzene rings is 1. The van der Waals surface area contributed by atoms with Gasteiger partial charge in [-0.15, -0.1) is 0 Å². The van der Waals surface area contributed by atoms with Crippen molar-refractivity contribution in [3.8, 4) is 5.75 Å². The van der Waals surface area contributed by atoms with E-state index in [9.17, 15) is 4.79 Å². The quantitative estimate of drug-likeness (QED) is 0.798. The predicted molar refractivity (Wildman–Crippen MR) is 81.8 cm³/mol. The van der Waals surface area contributed by atoms with Crippen molar-refractivity contribution in [2.75, 3.05) is 53.0 Å². The number of ether oxygens (including phenoxy) is 2. The number of halogens is 1. The van der Waals surface area contributed by atoms with Crippen molar-refractivity contribution in [3.05, 3.63) is 29.3 Å². The fourth-order valence-electron chi connectivity index (χ4n) is 2.21. The van der Waals surface area contributed by atoms with Crippen LogP contribution in [0.15, 0.2) is 24.3 Å². The second-order valence-corrected chi connectivity index (χ2v) is 5.39. The summed E-state index contributed by atoms with van der Waals surface area (Å²) in [6, 6.07) is 7.02. The molecule has 1 heterocycles. The Morgan fingerprint density at radius 3 is 2.48 bits per heavy atom. The Morgan fingerprint density at radius 2 is 1.86 bits per heavy atom. The molecule has 1 aliphatic heterocycles. The minimum absolute atomic E-state index is 0.0244. The largest absolute Gasteiger partial charge is 0.484 e. The molecule has 21 heavy (non-hydrogen) atoms. The number of piperazine rings is 1. The highest BCUT2D eigenvalue weighted by Gasteiger charge is 2.20. The van der Waals surface area contributed by atoms with Crippen LogP contribution in [0.4, 0.5) is 0 Å². The van der Waals surface area contributed by atoms with E-state index in [0.717, 1.165) is 39.3 Å². The van der Waals surface area contributed by atoms with E-state index in [1.165, 1.54) is 0 Å². The summed E-state index contributed by atoms with van der Waals surface area (Å²) in [5, 5.41) is 0.654. The topological polar surface area (TPSA) is 42.0 Å². The van der Waals surface area contributed by atoms with E-state index < -0.39 is 0 Å². The molecule has 1 amide bonds. The van der Waals surface area contributed by atoms with Crippen LogP contribution in [-0.2, 0) is 9.53 Å². The molecule has 1 fully saturated rings. The van der Waals surface area contributed by atoms with Crippen LogP contribution in [0.2, 0.25) is 5.02 Å². The van der Waals surface area contributed by atoms with Gasteiger partial charge in [-0.3, -0.25) is 9.69 Å². The first kappa shape index (κ1) is 16.1. The molecule has 0 spiro atoms. The molecule has 0 bridgehead atoms. The van der Waals surface area contributed by atoms with Crippen LogP contribution < -0.4 is 4.74 Å². The summed E-state index contributed by atoms with van der Waals surface area (Å²) in [5.41, 5.74) is 0. The summed E-state index contributed by atoms with van der Waals surface area (Å²) >= 11 is 5.80. The van der Waals surface area contributed by atoms with E-state index in [0.29, 0.717) is 10.8 Å². The van der Waals surface area contributed by atoms with E-state index in [2.05, 4.69) is 4.90 Å². The molecule has 1 aliphatic rings. The Labute approximate surface area is 130 Å². The minimum Gasteiger partial charge on any atom is -0.484 e. The number of amides is 1. The van der Waals surface area contributed by atoms with Gasteiger partial charge in [-0.05, 0) is 24.3 Å². The number of carbonyl (C=O) groups is 1. The monoisotopic (exact) mass is 312 g/mol. The lowest BCUT2D eigenvalue weighted by atomic mass is 10.3. The molecule has 5 nitrogen and oxygen atoms in total. The number of rotatable bonds is 6. The first-order valence-corrected chi connectivity index (χ1v) is 7.44. The lowest BCUT2D eigenvalue weighted by Gasteiger charge is -2.34. The first-order valence-electron chi connectivity index (χ1n) is 7.06. The molecule has 0 aromatic heterocycles. The van der Waals surface area contributed by atoms with E-state index in [1.807, 2.05) is 4.90 Å². The minimum atomic E-state index is 0.0244. The average molecular weight is 313 g/mol. The standard InChI is InChI=1S/C15H21ClN2O3/c1-20-11-10-17-6-8-18(9-7-17)15(19)12-21-14-4-2-13(16)3-5-14/h2-5H,6-12H2,1H3. The third-order valence-corrected chi connectivity index (χ3v) is 3.76. The molecule has 1 aromatic rings. The Kier molecular flexibility index (Phi) is 6.29. The van der Waals surface area contributed by atoms with Crippen molar-refractivity contribution in [1.82, 2.24) is 9.80 Å². The predicted octanol–water partition coefficient (Wildman–Crippen LogP) is 1.51. The van der Waals surface area contributed by atoms with Crippen LogP contribution in [-0.4, -0.2) is 68.8 Å². The lowest BCUT2D eigenvalue weighted by molar-refractivity contribution is -0.135. The van der Waals surface area contributed by atoms with Crippen LogP contribution in [0.25, 0.3) is 0 Å². The maximum atomic E-state index is 12.1. The number of hydrogen-bond donors (Lipinski definition) is 0. The van der Waals surface area contributed by atoms with Gasteiger partial charge in [-0.1, -0.05) is 11.6 Å². The molecule has 116 valence electrons. The number of nitrogens with zero attached hydrogens (tertiary/aromatic N) is 2. The van der Waals surface area contributed by atoms with Gasteiger partial charge >= 0.3 is 0 Å². The van der Waals surface area contributed by atoms with Crippen molar-refractivity contribution < 1.29 is 14.3 Å². The zero-order chi connectivity index (χ0) is 15.1. The summed E-state index contributed by atoms with van der Waals surface area (Å²) in [6.45, 7) is 4.97. The van der Waals surface area contributed by atoms with E-state index in [4.69, 9.17) is 21.1 Å². The molecule has 2 rings (SSSR count). The van der Waals surface area contributed by atoms with E-state index in [1.54, 1.807) is 31.4 Å². The highest BCUT2D eigenvalue weighted by molar-refractivity contribution is 6.30. The fourth-order valence-corrected chi connectivity index (χ4v) is 2.33. The number of methoxy groups -OCH3 is 1. The Balaban J connectivity index is 1.71. The Hall–Kier alpha value is -1.30. The fraction of sp³-hybridized carbons (Fsp3) is 0.533. The number of hydrogen-bond acceptors (Lipinski definition) is 4. The van der Waals surface area contributed by atoms with Crippen LogP contribution in [0.5, 0.6) is 5.75 Å². The first-order chi connectivity index (χ1) is 10.2. The summed E-state index contributed by atoms with van der Waals surface area (Å²) < 4.78 is 10.5. The third kappa shape index (κ3) is 5.19. The van der Waals surface area contributed by atoms with Crippen molar-refractivity contribution in [2.45, 2.75) is 0 Å². The average Bonchev–Trinajstić information content (AvgIpc) is 2.52. The molecule has 0 atom stereocenters. The van der Waals surface area contributed by atoms with Crippen molar-refractivity contribution in [3.63, 3.8) is 0 Å². The molecular weight excluding hydrogens is 292 g/mol. The van der Waals surface area contributed by atoms with Gasteiger partial charge in [-0.25, -0.2) is 0 Å². The zero-order valence-corrected chi connectivity index (χ0v) is 13.0. The van der Waals surface area contributed by atoms with Crippen LogP contribution in [0.3, 0.4) is 0 Å². The van der Waals surface area contributed by atoms with Gasteiger partial charge < -0.3 is 14.4 Å². The van der Waals surface area contributed by atoms with E-state index in [-0.39, 0.29) is 12.5 Å². The maximum Gasteiger partial charge on any atom is 0.260 e. The molecular formula is C15H21ClN2O3. The van der Waals surface area contributed by atoms with Crippen molar-refractivity contribution in [2.24, 2.45) is 0 Å². The summed E-state index contributed by atoms with van der Waals surface area (Å²) in [5.74, 6) is 0.683. The maximum absolute atomic E-state index is 12.1. The smallest absolute Gasteiger partial charge is 0.260 e. The van der Waals surface area contributed by atoms with Gasteiger partial charge in [0.1, 0.15) is 5.75 Å². The molecule has 0 aliphatic carbocycles. The van der Waals surface area contributed by atoms with Gasteiger partial charge in [-0.2, -0.15) is 0 Å². The molecule has 0 N–H and O–H groups in total. The van der Waals surface area contributed by atoms with Crippen LogP contribution >= 0.6 is 11.6 Å². The summed E-state index contributed by atoms with van der Waals surface area (Å²) in [7, 11) is 1.70. The molecule has 1 aromatic carbocycles. The zero-order valence-electron chi connectivity index (χ0n) is 12.3. The Morgan fingerprint density at radius 1 is 1.19 bits per heavy atom. The van der Waals surface area contributed by atoms with E-state index >= 15 is 0 Å². The third-order valence-electron chi connectivity index (χ3n) is 3.51. The van der Waals surface area contributed by atoms with Gasteiger partial charge in [0.2, 0.25) is 0 Å². The molecule has 1 saturated heterocycles. The number of carbonyl (C=O) groups excluding carboxylic acids is 1. The van der Waals surface area contributed by atoms with Gasteiger partial charge in [0.05, 0.1) is 6.61 Å². The van der Waals surface area contributed by atoms with Gasteiger partial charge in [0, 0.05) is 44.9 Å².